The first-order valence-electron chi connectivity index (χ1n) is 14.5. The van der Waals surface area contributed by atoms with Crippen LogP contribution in [0, 0.1) is 6.92 Å². The number of fused-ring (bicyclic) bond motifs is 2. The number of benzene rings is 3. The maximum atomic E-state index is 12.5. The summed E-state index contributed by atoms with van der Waals surface area (Å²) in [5.41, 5.74) is 13.1. The molecule has 3 heterocycles. The van der Waals surface area contributed by atoms with E-state index < -0.39 is 5.97 Å². The summed E-state index contributed by atoms with van der Waals surface area (Å²) in [7, 11) is 3.35. The van der Waals surface area contributed by atoms with Gasteiger partial charge in [0.1, 0.15) is 0 Å². The fourth-order valence-electron chi connectivity index (χ4n) is 5.31. The number of pyridine rings is 1. The first-order valence-corrected chi connectivity index (χ1v) is 15.4. The number of nitrogen functional groups attached to an aromatic ring is 1. The summed E-state index contributed by atoms with van der Waals surface area (Å²) in [6.07, 6.45) is 3.32. The van der Waals surface area contributed by atoms with Gasteiger partial charge in [-0.2, -0.15) is 0 Å². The molecule has 4 N–H and O–H groups in total. The van der Waals surface area contributed by atoms with Crippen molar-refractivity contribution in [2.45, 2.75) is 26.3 Å². The highest BCUT2D eigenvalue weighted by atomic mass is 32.1. The topological polar surface area (TPSA) is 127 Å². The number of carboxylic acids is 1. The molecule has 0 saturated carbocycles. The van der Waals surface area contributed by atoms with Gasteiger partial charge >= 0.3 is 5.97 Å². The summed E-state index contributed by atoms with van der Waals surface area (Å²) in [6, 6.07) is 21.3. The van der Waals surface area contributed by atoms with Gasteiger partial charge in [-0.05, 0) is 83.8 Å². The molecule has 9 nitrogen and oxygen atoms in total. The number of carbonyl (C=O) groups is 2. The van der Waals surface area contributed by atoms with Gasteiger partial charge < -0.3 is 25.6 Å². The van der Waals surface area contributed by atoms with Crippen molar-refractivity contribution >= 4 is 44.8 Å². The second-order valence-corrected chi connectivity index (χ2v) is 11.7. The number of rotatable bonds is 8. The minimum atomic E-state index is -0.946. The summed E-state index contributed by atoms with van der Waals surface area (Å²) in [4.78, 5) is 29.6. The van der Waals surface area contributed by atoms with E-state index in [1.165, 1.54) is 34.2 Å². The van der Waals surface area contributed by atoms with Crippen LogP contribution >= 0.6 is 11.3 Å². The number of thiophene rings is 1. The molecule has 45 heavy (non-hydrogen) atoms. The largest absolute Gasteiger partial charge is 0.493 e. The van der Waals surface area contributed by atoms with Gasteiger partial charge in [-0.25, -0.2) is 4.79 Å². The van der Waals surface area contributed by atoms with E-state index in [1.807, 2.05) is 48.7 Å². The van der Waals surface area contributed by atoms with Crippen LogP contribution in [0.15, 0.2) is 78.3 Å². The van der Waals surface area contributed by atoms with Gasteiger partial charge in [-0.1, -0.05) is 30.3 Å². The molecule has 0 unspecified atom stereocenters. The van der Waals surface area contributed by atoms with Gasteiger partial charge in [-0.15, -0.1) is 11.3 Å². The fraction of sp³-hybridized carbons (Fsp3) is 0.229. The van der Waals surface area contributed by atoms with Gasteiger partial charge in [0.2, 0.25) is 0 Å². The second-order valence-electron chi connectivity index (χ2n) is 10.8. The molecule has 0 spiro atoms. The molecular formula is C35H36N4O5S. The van der Waals surface area contributed by atoms with Crippen LogP contribution in [0.4, 0.5) is 10.7 Å². The number of methoxy groups -OCH3 is 2. The van der Waals surface area contributed by atoms with Crippen LogP contribution < -0.4 is 20.5 Å². The molecule has 0 saturated heterocycles. The van der Waals surface area contributed by atoms with Crippen LogP contribution in [0.25, 0.3) is 10.9 Å². The standard InChI is InChI=1S/C25H29N3O3S.C10H7NO2/c1-16-15-32-24(26)23(16)25(29)27-20-6-4-17(5-7-20)8-10-28-11-9-18-12-21(30-2)22(31-3)13-19(18)14-28;12-10(13)8-5-7-3-1-2-4-9(7)11-6-8/h4-7,12-13,15H,8-11,14,26H2,1-3H3,(H,27,29);1-6H,(H,12,13). The smallest absolute Gasteiger partial charge is 0.337 e. The molecule has 232 valence electrons. The lowest BCUT2D eigenvalue weighted by atomic mass is 9.98. The van der Waals surface area contributed by atoms with Crippen molar-refractivity contribution in [2.75, 3.05) is 38.4 Å². The van der Waals surface area contributed by atoms with Crippen LogP contribution in [0.2, 0.25) is 0 Å². The summed E-state index contributed by atoms with van der Waals surface area (Å²) in [6.45, 7) is 4.81. The van der Waals surface area contributed by atoms with E-state index in [0.29, 0.717) is 10.6 Å². The second kappa shape index (κ2) is 14.2. The zero-order chi connectivity index (χ0) is 31.9. The zero-order valence-electron chi connectivity index (χ0n) is 25.5. The number of aryl methyl sites for hydroxylation is 1. The Morgan fingerprint density at radius 1 is 1.02 bits per heavy atom. The van der Waals surface area contributed by atoms with Crippen LogP contribution in [0.1, 0.15) is 43.0 Å². The quantitative estimate of drug-likeness (QED) is 0.180. The lowest BCUT2D eigenvalue weighted by Gasteiger charge is -2.29. The Kier molecular flexibility index (Phi) is 9.96. The lowest BCUT2D eigenvalue weighted by Crippen LogP contribution is -2.32. The Morgan fingerprint density at radius 2 is 1.73 bits per heavy atom. The Morgan fingerprint density at radius 3 is 2.40 bits per heavy atom. The molecule has 5 aromatic rings. The Balaban J connectivity index is 0.000000256. The molecule has 0 fully saturated rings. The van der Waals surface area contributed by atoms with Gasteiger partial charge in [0.15, 0.2) is 11.5 Å². The third kappa shape index (κ3) is 7.60. The zero-order valence-corrected chi connectivity index (χ0v) is 26.3. The van der Waals surface area contributed by atoms with Crippen molar-refractivity contribution in [1.82, 2.24) is 9.88 Å². The van der Waals surface area contributed by atoms with E-state index in [-0.39, 0.29) is 11.5 Å². The number of nitrogens with one attached hydrogen (secondary N) is 1. The molecule has 6 rings (SSSR count). The van der Waals surface area contributed by atoms with E-state index >= 15 is 0 Å². The number of nitrogens with zero attached hydrogens (tertiary/aromatic N) is 2. The van der Waals surface area contributed by atoms with Crippen molar-refractivity contribution in [2.24, 2.45) is 0 Å². The summed E-state index contributed by atoms with van der Waals surface area (Å²) >= 11 is 1.39. The number of hydrogen-bond donors (Lipinski definition) is 3. The average molecular weight is 625 g/mol. The van der Waals surface area contributed by atoms with Gasteiger partial charge in [0.25, 0.3) is 5.91 Å². The number of ether oxygens (including phenoxy) is 2. The molecule has 2 aromatic heterocycles. The first kappa shape index (κ1) is 31.5. The number of carbonyl (C=O) groups excluding carboxylic acids is 1. The molecule has 1 amide bonds. The van der Waals surface area contributed by atoms with E-state index in [1.54, 1.807) is 20.3 Å². The molecule has 0 bridgehead atoms. The van der Waals surface area contributed by atoms with Crippen molar-refractivity contribution in [3.05, 3.63) is 112 Å². The Hall–Kier alpha value is -4.93. The number of aromatic nitrogens is 1. The predicted octanol–water partition coefficient (Wildman–Crippen LogP) is 6.44. The molecule has 0 radical (unpaired) electrons. The van der Waals surface area contributed by atoms with E-state index in [0.717, 1.165) is 66.1 Å². The summed E-state index contributed by atoms with van der Waals surface area (Å²) in [5.74, 6) is 0.472. The monoisotopic (exact) mass is 624 g/mol. The Labute approximate surface area is 266 Å². The number of aromatic carboxylic acids is 1. The minimum absolute atomic E-state index is 0.159. The SMILES string of the molecule is COc1cc2c(cc1OC)CN(CCc1ccc(NC(=O)c3c(C)csc3N)cc1)CC2.O=C(O)c1cnc2ccccc2c1. The van der Waals surface area contributed by atoms with E-state index in [9.17, 15) is 9.59 Å². The predicted molar refractivity (Wildman–Crippen MR) is 179 cm³/mol. The molecule has 1 aliphatic rings. The van der Waals surface area contributed by atoms with Gasteiger partial charge in [0.05, 0.1) is 35.9 Å². The maximum absolute atomic E-state index is 12.5. The number of carboxylic acid groups (broad SMARTS) is 1. The highest BCUT2D eigenvalue weighted by Gasteiger charge is 2.19. The number of para-hydroxylation sites is 1. The van der Waals surface area contributed by atoms with Crippen molar-refractivity contribution in [3.8, 4) is 11.5 Å². The fourth-order valence-corrected chi connectivity index (χ4v) is 6.10. The first-order chi connectivity index (χ1) is 21.7. The van der Waals surface area contributed by atoms with Gasteiger partial charge in [-0.3, -0.25) is 14.7 Å². The van der Waals surface area contributed by atoms with Crippen molar-refractivity contribution < 1.29 is 24.2 Å². The number of hydrogen-bond acceptors (Lipinski definition) is 8. The van der Waals surface area contributed by atoms with Crippen LogP contribution in [0.5, 0.6) is 11.5 Å². The molecule has 3 aromatic carbocycles. The van der Waals surface area contributed by atoms with E-state index in [4.69, 9.17) is 20.3 Å². The maximum Gasteiger partial charge on any atom is 0.337 e. The summed E-state index contributed by atoms with van der Waals surface area (Å²) in [5, 5.41) is 15.0. The van der Waals surface area contributed by atoms with Crippen molar-refractivity contribution in [3.63, 3.8) is 0 Å². The van der Waals surface area contributed by atoms with Crippen LogP contribution in [-0.2, 0) is 19.4 Å². The molecule has 1 aliphatic heterocycles. The normalized spacial score (nSPS) is 12.5. The highest BCUT2D eigenvalue weighted by molar-refractivity contribution is 7.14. The average Bonchev–Trinajstić information content (AvgIpc) is 3.40. The molecule has 0 aliphatic carbocycles. The Bertz CT molecular complexity index is 1800. The third-order valence-corrected chi connectivity index (χ3v) is 8.72. The number of anilines is 2. The molecule has 10 heteroatoms. The van der Waals surface area contributed by atoms with Gasteiger partial charge in [0, 0.05) is 36.9 Å². The highest BCUT2D eigenvalue weighted by Crippen LogP contribution is 2.33. The van der Waals surface area contributed by atoms with E-state index in [2.05, 4.69) is 39.5 Å². The lowest BCUT2D eigenvalue weighted by molar-refractivity contribution is 0.0696. The minimum Gasteiger partial charge on any atom is -0.493 e. The van der Waals surface area contributed by atoms with Crippen LogP contribution in [-0.4, -0.2) is 54.2 Å². The van der Waals surface area contributed by atoms with Crippen LogP contribution in [0.3, 0.4) is 0 Å². The number of amides is 1. The summed E-state index contributed by atoms with van der Waals surface area (Å²) < 4.78 is 10.9. The number of nitrogens with two attached hydrogens (primary N) is 1. The van der Waals surface area contributed by atoms with Crippen molar-refractivity contribution in [1.29, 1.82) is 0 Å². The molecular weight excluding hydrogens is 588 g/mol. The third-order valence-electron chi connectivity index (χ3n) is 7.79. The molecule has 0 atom stereocenters.